The molecule has 13 N–H and O–H groups in total. The van der Waals surface area contributed by atoms with Gasteiger partial charge in [0.1, 0.15) is 73.8 Å². The van der Waals surface area contributed by atoms with Crippen LogP contribution in [0.25, 0.3) is 0 Å². The number of carbonyl (C=O) groups is 2. The molecule has 0 aromatic carbocycles. The highest BCUT2D eigenvalue weighted by Gasteiger charge is 2.56. The number of hydrogen-bond donors (Lipinski definition) is 13. The van der Waals surface area contributed by atoms with Crippen LogP contribution in [0.4, 0.5) is 0 Å². The first-order valence-electron chi connectivity index (χ1n) is 27.9. The van der Waals surface area contributed by atoms with Gasteiger partial charge in [-0.3, -0.25) is 0 Å². The Morgan fingerprint density at radius 2 is 1.14 bits per heavy atom. The molecular formula is C53H84O27. The van der Waals surface area contributed by atoms with Crippen molar-refractivity contribution in [3.05, 3.63) is 24.3 Å². The van der Waals surface area contributed by atoms with Gasteiger partial charge >= 0.3 is 11.9 Å². The fourth-order valence-corrected chi connectivity index (χ4v) is 12.8. The highest BCUT2D eigenvalue weighted by molar-refractivity contribution is 5.82. The van der Waals surface area contributed by atoms with E-state index in [4.69, 9.17) is 56.8 Å². The Bertz CT molecular complexity index is 2000. The summed E-state index contributed by atoms with van der Waals surface area (Å²) in [5.74, 6) is -3.52. The molecule has 80 heavy (non-hydrogen) atoms. The second-order valence-electron chi connectivity index (χ2n) is 22.7. The average Bonchev–Trinajstić information content (AvgIpc) is 3.46. The molecule has 4 aliphatic carbocycles. The summed E-state index contributed by atoms with van der Waals surface area (Å²) in [6.45, 7) is -1.95. The van der Waals surface area contributed by atoms with Crippen LogP contribution in [-0.2, 0) is 66.4 Å². The van der Waals surface area contributed by atoms with Crippen molar-refractivity contribution in [3.63, 3.8) is 0 Å². The number of aliphatic hydroxyl groups is 13. The van der Waals surface area contributed by atoms with Crippen LogP contribution in [-0.4, -0.2) is 279 Å². The SMILES string of the molecule is COC1CC(C=CC(=O)OC[C@H]2O[C@@H](OC3CC4C(CC(O)CC4O[C@@H]4O[C@H](CO)[C@@H](O)[C@H](O)[C@H]4O)OC3C3CCC(O)C(O)C3)[C@H](O[C@@H]3OC[C@@H](O)[C@H](O)[C@H]3OC(=O)C=CC3CC(OC)C(O)C(OC)C3)[C@@H](O)[C@@H]2O)CCC1O. The minimum atomic E-state index is -1.99. The Labute approximate surface area is 462 Å². The molecule has 0 radical (unpaired) electrons. The molecule has 0 amide bonds. The summed E-state index contributed by atoms with van der Waals surface area (Å²) in [5.41, 5.74) is 0. The second-order valence-corrected chi connectivity index (χ2v) is 22.7. The van der Waals surface area contributed by atoms with Crippen LogP contribution in [0.15, 0.2) is 24.3 Å². The molecule has 458 valence electrons. The summed E-state index contributed by atoms with van der Waals surface area (Å²) >= 11 is 0. The topological polar surface area (TPSA) is 408 Å². The van der Waals surface area contributed by atoms with Gasteiger partial charge in [-0.05, 0) is 82.0 Å². The van der Waals surface area contributed by atoms with Gasteiger partial charge in [-0.2, -0.15) is 0 Å². The van der Waals surface area contributed by atoms with Gasteiger partial charge in [-0.1, -0.05) is 12.2 Å². The quantitative estimate of drug-likeness (QED) is 0.0454. The lowest BCUT2D eigenvalue weighted by atomic mass is 9.72. The molecule has 4 saturated carbocycles. The number of fused-ring (bicyclic) bond motifs is 1. The third-order valence-corrected chi connectivity index (χ3v) is 17.5. The number of methoxy groups -OCH3 is 3. The highest BCUT2D eigenvalue weighted by atomic mass is 16.8. The normalized spacial score (nSPS) is 48.6. The summed E-state index contributed by atoms with van der Waals surface area (Å²) in [7, 11) is 4.36. The van der Waals surface area contributed by atoms with Crippen LogP contribution >= 0.6 is 0 Å². The highest BCUT2D eigenvalue weighted by Crippen LogP contribution is 2.46. The van der Waals surface area contributed by atoms with Crippen molar-refractivity contribution in [3.8, 4) is 0 Å². The zero-order valence-corrected chi connectivity index (χ0v) is 45.1. The van der Waals surface area contributed by atoms with Crippen LogP contribution in [0.5, 0.6) is 0 Å². The van der Waals surface area contributed by atoms with E-state index in [9.17, 15) is 76.0 Å². The Balaban J connectivity index is 1.06. The summed E-state index contributed by atoms with van der Waals surface area (Å²) < 4.78 is 71.6. The molecule has 0 aromatic rings. The van der Waals surface area contributed by atoms with Crippen molar-refractivity contribution in [2.45, 2.75) is 230 Å². The molecule has 4 heterocycles. The number of hydrogen-bond acceptors (Lipinski definition) is 27. The van der Waals surface area contributed by atoms with Crippen molar-refractivity contribution in [2.75, 3.05) is 41.2 Å². The minimum Gasteiger partial charge on any atom is -0.460 e. The molecule has 4 aliphatic heterocycles. The van der Waals surface area contributed by atoms with Crippen LogP contribution in [0, 0.1) is 23.7 Å². The van der Waals surface area contributed by atoms with Gasteiger partial charge in [0.05, 0.1) is 80.4 Å². The molecule has 14 unspecified atom stereocenters. The number of ether oxygens (including phenoxy) is 12. The van der Waals surface area contributed by atoms with Crippen LogP contribution in [0.1, 0.15) is 70.6 Å². The summed E-state index contributed by atoms with van der Waals surface area (Å²) in [6.07, 6.45) is -26.4. The average molecular weight is 1150 g/mol. The maximum atomic E-state index is 13.5. The molecule has 8 fully saturated rings. The number of carbonyl (C=O) groups excluding carboxylic acids is 2. The Kier molecular flexibility index (Phi) is 22.7. The predicted octanol–water partition coefficient (Wildman–Crippen LogP) is -4.54. The van der Waals surface area contributed by atoms with E-state index in [-0.39, 0.29) is 43.9 Å². The van der Waals surface area contributed by atoms with Crippen LogP contribution < -0.4 is 0 Å². The van der Waals surface area contributed by atoms with Gasteiger partial charge in [0.25, 0.3) is 0 Å². The van der Waals surface area contributed by atoms with Crippen molar-refractivity contribution in [1.29, 1.82) is 0 Å². The largest absolute Gasteiger partial charge is 0.460 e. The maximum Gasteiger partial charge on any atom is 0.330 e. The zero-order valence-electron chi connectivity index (χ0n) is 45.1. The molecule has 0 bridgehead atoms. The lowest BCUT2D eigenvalue weighted by molar-refractivity contribution is -0.373. The molecule has 0 aromatic heterocycles. The van der Waals surface area contributed by atoms with Crippen LogP contribution in [0.2, 0.25) is 0 Å². The Hall–Kier alpha value is -2.50. The standard InChI is InChI=1S/C53H84O27/c1-69-33-12-22(4-8-28(33)57)5-10-39(60)72-21-38-44(65)46(67)50(80-52-49(41(62)30(59)20-73-52)79-40(61)11-6-23-13-34(70-2)42(63)35(14-23)71-3)53(78-38)76-36-18-26-31(74-48(36)24-7-9-27(56)29(58)15-24)16-25(55)17-32(26)75-51-47(68)45(66)43(64)37(19-54)77-51/h5-6,10-11,22-38,41-59,62-68H,4,7-9,12-21H2,1-3H3/t22?,23?,24?,25?,26?,27?,28?,29?,30-,31?,32?,33?,34?,35?,36?,37-,38-,41+,42?,43-,44-,45+,46+,47-,48?,49-,50-,51-,52+,53-/m1/s1. The van der Waals surface area contributed by atoms with E-state index in [1.807, 2.05) is 0 Å². The molecule has 27 nitrogen and oxygen atoms in total. The number of rotatable bonds is 18. The van der Waals surface area contributed by atoms with E-state index >= 15 is 0 Å². The van der Waals surface area contributed by atoms with E-state index in [2.05, 4.69) is 0 Å². The molecule has 8 aliphatic rings. The molecular weight excluding hydrogens is 1070 g/mol. The number of aliphatic hydroxyl groups excluding tert-OH is 13. The van der Waals surface area contributed by atoms with Gasteiger partial charge in [-0.15, -0.1) is 0 Å². The monoisotopic (exact) mass is 1150 g/mol. The number of esters is 2. The third-order valence-electron chi connectivity index (χ3n) is 17.5. The lowest BCUT2D eigenvalue weighted by Gasteiger charge is -2.53. The molecule has 0 spiro atoms. The summed E-state index contributed by atoms with van der Waals surface area (Å²) in [6, 6.07) is 0. The van der Waals surface area contributed by atoms with Crippen molar-refractivity contribution < 1.29 is 133 Å². The number of allylic oxidation sites excluding steroid dienone is 2. The van der Waals surface area contributed by atoms with E-state index in [1.165, 1.54) is 33.5 Å². The maximum absolute atomic E-state index is 13.5. The van der Waals surface area contributed by atoms with Crippen molar-refractivity contribution in [1.82, 2.24) is 0 Å². The first kappa shape index (κ1) is 63.5. The predicted molar refractivity (Wildman–Crippen MR) is 266 cm³/mol. The fourth-order valence-electron chi connectivity index (χ4n) is 12.8. The Morgan fingerprint density at radius 3 is 1.82 bits per heavy atom. The molecule has 8 rings (SSSR count). The lowest BCUT2D eigenvalue weighted by Crippen LogP contribution is -2.65. The minimum absolute atomic E-state index is 0.00922. The summed E-state index contributed by atoms with van der Waals surface area (Å²) in [4.78, 5) is 26.8. The van der Waals surface area contributed by atoms with Gasteiger partial charge in [0.15, 0.2) is 25.0 Å². The van der Waals surface area contributed by atoms with Gasteiger partial charge in [-0.25, -0.2) is 9.59 Å². The molecule has 28 atom stereocenters. The molecule has 4 saturated heterocycles. The van der Waals surface area contributed by atoms with Crippen molar-refractivity contribution >= 4 is 11.9 Å². The smallest absolute Gasteiger partial charge is 0.330 e. The second kappa shape index (κ2) is 28.6. The van der Waals surface area contributed by atoms with E-state index in [1.54, 1.807) is 6.08 Å². The Morgan fingerprint density at radius 1 is 0.500 bits per heavy atom. The van der Waals surface area contributed by atoms with Crippen molar-refractivity contribution in [2.24, 2.45) is 23.7 Å². The molecule has 27 heteroatoms. The third kappa shape index (κ3) is 14.9. The fraction of sp³-hybridized carbons (Fsp3) is 0.887. The first-order chi connectivity index (χ1) is 38.2. The van der Waals surface area contributed by atoms with E-state index < -0.39 is 203 Å². The summed E-state index contributed by atoms with van der Waals surface area (Å²) in [5, 5.41) is 142. The van der Waals surface area contributed by atoms with E-state index in [0.717, 1.165) is 6.08 Å². The first-order valence-corrected chi connectivity index (χ1v) is 27.9. The van der Waals surface area contributed by atoms with E-state index in [0.29, 0.717) is 38.5 Å². The van der Waals surface area contributed by atoms with Gasteiger partial charge in [0, 0.05) is 45.8 Å². The van der Waals surface area contributed by atoms with Crippen LogP contribution in [0.3, 0.4) is 0 Å². The zero-order chi connectivity index (χ0) is 57.7. The van der Waals surface area contributed by atoms with Gasteiger partial charge < -0.3 is 123 Å². The van der Waals surface area contributed by atoms with Gasteiger partial charge in [0.2, 0.25) is 0 Å².